The second-order valence-corrected chi connectivity index (χ2v) is 14.0. The molecule has 1 fully saturated rings. The van der Waals surface area contributed by atoms with Gasteiger partial charge in [0.2, 0.25) is 5.91 Å². The number of nitrogens with two attached hydrogens (primary N) is 1. The molecular formula is C41H69N5O6. The summed E-state index contributed by atoms with van der Waals surface area (Å²) in [5.41, 5.74) is 9.65. The number of nitrogens with one attached hydrogen (secondary N) is 4. The monoisotopic (exact) mass is 728 g/mol. The fourth-order valence-corrected chi connectivity index (χ4v) is 5.43. The molecule has 2 aromatic rings. The summed E-state index contributed by atoms with van der Waals surface area (Å²) in [6, 6.07) is 15.3. The Morgan fingerprint density at radius 1 is 0.731 bits per heavy atom. The Kier molecular flexibility index (Phi) is 26.0. The van der Waals surface area contributed by atoms with Gasteiger partial charge in [-0.05, 0) is 87.6 Å². The minimum atomic E-state index is -0.919. The Hall–Kier alpha value is -3.64. The maximum atomic E-state index is 12.3. The largest absolute Gasteiger partial charge is 0.481 e. The van der Waals surface area contributed by atoms with Crippen molar-refractivity contribution in [2.24, 2.45) is 23.7 Å². The molecule has 0 aliphatic carbocycles. The number of likely N-dealkylation sites (N-methyl/N-ethyl adjacent to an activating group) is 2. The number of ketones is 2. The van der Waals surface area contributed by atoms with Crippen LogP contribution in [0.1, 0.15) is 91.7 Å². The van der Waals surface area contributed by atoms with Crippen LogP contribution in [-0.4, -0.2) is 75.0 Å². The van der Waals surface area contributed by atoms with Gasteiger partial charge in [0.25, 0.3) is 0 Å². The summed E-state index contributed by atoms with van der Waals surface area (Å²) in [6.07, 6.45) is 5.25. The second kappa shape index (κ2) is 27.9. The molecule has 1 heterocycles. The number of hydrogen-bond donors (Lipinski definition) is 6. The minimum absolute atomic E-state index is 0.0302. The standard InChI is InChI=1S/C18H29N3O2.C10H19NO3.C9H13N.C4H8O/c1-12(2)17(20-5)16(22)10-13(3)18(23)21-15-8-6-14(7-9-15)11-19-4;1-6(2)9(11-4)8(12)5-7(3)10(13)14;1-2-3-8-4-6-9(10)7-5-8;1-2-4-5-3-1/h6-9,12-13,17,19-20H,10-11H2,1-5H3,(H,21,23);6-7,9,11H,5H2,1-4H3,(H,13,14);4-7H,2-3,10H2,1H3;1-4H2/t13-,17?;7-,9?;;/m11../s1. The first-order valence-corrected chi connectivity index (χ1v) is 18.7. The SMILES string of the molecule is C1CCOC1.CCCc1ccc(N)cc1.CNC(C(=O)C[C@@H](C)C(=O)O)C(C)C.CNCc1ccc(NC(=O)[C@H](C)CC(=O)C(NC)C(C)C)cc1. The zero-order chi connectivity index (χ0) is 39.6. The highest BCUT2D eigenvalue weighted by Gasteiger charge is 2.25. The van der Waals surface area contributed by atoms with Crippen molar-refractivity contribution in [1.29, 1.82) is 0 Å². The third-order valence-corrected chi connectivity index (χ3v) is 8.48. The third-order valence-electron chi connectivity index (χ3n) is 8.48. The van der Waals surface area contributed by atoms with Crippen LogP contribution in [0.5, 0.6) is 0 Å². The summed E-state index contributed by atoms with van der Waals surface area (Å²) in [5.74, 6) is -1.55. The molecule has 1 amide bonds. The first kappa shape index (κ1) is 48.4. The van der Waals surface area contributed by atoms with E-state index < -0.39 is 11.9 Å². The lowest BCUT2D eigenvalue weighted by atomic mass is 9.93. The number of Topliss-reactive ketones (excluding diaryl/α,β-unsaturated/α-hetero) is 2. The van der Waals surface area contributed by atoms with Gasteiger partial charge in [0.05, 0.1) is 18.0 Å². The summed E-state index contributed by atoms with van der Waals surface area (Å²) in [7, 11) is 5.39. The van der Waals surface area contributed by atoms with Crippen molar-refractivity contribution in [3.05, 3.63) is 59.7 Å². The number of nitrogen functional groups attached to an aromatic ring is 1. The van der Waals surface area contributed by atoms with Crippen LogP contribution in [0.25, 0.3) is 0 Å². The van der Waals surface area contributed by atoms with Gasteiger partial charge in [-0.1, -0.05) is 79.2 Å². The number of carbonyl (C=O) groups is 4. The first-order chi connectivity index (χ1) is 24.6. The lowest BCUT2D eigenvalue weighted by Gasteiger charge is -2.20. The first-order valence-electron chi connectivity index (χ1n) is 18.7. The number of aliphatic carboxylic acids is 1. The molecule has 11 nitrogen and oxygen atoms in total. The van der Waals surface area contributed by atoms with Crippen molar-refractivity contribution in [2.45, 2.75) is 106 Å². The van der Waals surface area contributed by atoms with Gasteiger partial charge in [0, 0.05) is 49.9 Å². The maximum absolute atomic E-state index is 12.3. The molecule has 1 aliphatic rings. The van der Waals surface area contributed by atoms with Gasteiger partial charge < -0.3 is 36.8 Å². The van der Waals surface area contributed by atoms with E-state index in [-0.39, 0.29) is 60.2 Å². The van der Waals surface area contributed by atoms with Crippen molar-refractivity contribution < 1.29 is 29.0 Å². The number of rotatable bonds is 17. The number of carboxylic acids is 1. The van der Waals surface area contributed by atoms with Crippen LogP contribution in [0.2, 0.25) is 0 Å². The van der Waals surface area contributed by atoms with Crippen LogP contribution < -0.4 is 27.0 Å². The van der Waals surface area contributed by atoms with Crippen LogP contribution in [0.3, 0.4) is 0 Å². The van der Waals surface area contributed by atoms with Crippen molar-refractivity contribution >= 4 is 34.8 Å². The third kappa shape index (κ3) is 21.0. The normalized spacial score (nSPS) is 14.3. The van der Waals surface area contributed by atoms with E-state index in [4.69, 9.17) is 15.6 Å². The van der Waals surface area contributed by atoms with E-state index >= 15 is 0 Å². The van der Waals surface area contributed by atoms with Crippen LogP contribution in [0.4, 0.5) is 11.4 Å². The quantitative estimate of drug-likeness (QED) is 0.104. The van der Waals surface area contributed by atoms with E-state index in [9.17, 15) is 19.2 Å². The van der Waals surface area contributed by atoms with Gasteiger partial charge in [-0.25, -0.2) is 0 Å². The topological polar surface area (TPSA) is 172 Å². The molecule has 0 saturated carbocycles. The lowest BCUT2D eigenvalue weighted by molar-refractivity contribution is -0.143. The average Bonchev–Trinajstić information content (AvgIpc) is 3.68. The van der Waals surface area contributed by atoms with Gasteiger partial charge in [0.15, 0.2) is 11.6 Å². The Bertz CT molecular complexity index is 1270. The van der Waals surface area contributed by atoms with Crippen LogP contribution >= 0.6 is 0 Å². The number of carboxylic acid groups (broad SMARTS) is 1. The smallest absolute Gasteiger partial charge is 0.306 e. The summed E-state index contributed by atoms with van der Waals surface area (Å²) < 4.78 is 4.94. The Morgan fingerprint density at radius 3 is 1.56 bits per heavy atom. The van der Waals surface area contributed by atoms with Crippen LogP contribution in [0.15, 0.2) is 48.5 Å². The summed E-state index contributed by atoms with van der Waals surface area (Å²) in [4.78, 5) is 46.6. The number of carbonyl (C=O) groups excluding carboxylic acids is 3. The van der Waals surface area contributed by atoms with E-state index in [1.807, 2.05) is 71.1 Å². The number of amides is 1. The predicted octanol–water partition coefficient (Wildman–Crippen LogP) is 6.11. The number of benzene rings is 2. The Labute approximate surface area is 313 Å². The molecule has 0 aromatic heterocycles. The molecule has 1 aliphatic heterocycles. The van der Waals surface area contributed by atoms with Gasteiger partial charge in [-0.15, -0.1) is 0 Å². The number of hydrogen-bond acceptors (Lipinski definition) is 9. The minimum Gasteiger partial charge on any atom is -0.481 e. The molecule has 0 radical (unpaired) electrons. The van der Waals surface area contributed by atoms with E-state index in [0.29, 0.717) is 0 Å². The molecule has 4 atom stereocenters. The summed E-state index contributed by atoms with van der Waals surface area (Å²) in [6.45, 7) is 16.2. The highest BCUT2D eigenvalue weighted by Crippen LogP contribution is 2.15. The van der Waals surface area contributed by atoms with Crippen LogP contribution in [-0.2, 0) is 36.9 Å². The highest BCUT2D eigenvalue weighted by atomic mass is 16.5. The highest BCUT2D eigenvalue weighted by molar-refractivity contribution is 5.96. The van der Waals surface area contributed by atoms with Crippen molar-refractivity contribution in [3.63, 3.8) is 0 Å². The molecule has 3 rings (SSSR count). The van der Waals surface area contributed by atoms with Gasteiger partial charge in [0.1, 0.15) is 0 Å². The van der Waals surface area contributed by atoms with Gasteiger partial charge >= 0.3 is 5.97 Å². The molecule has 2 aromatic carbocycles. The van der Waals surface area contributed by atoms with E-state index in [0.717, 1.165) is 43.1 Å². The summed E-state index contributed by atoms with van der Waals surface area (Å²) >= 11 is 0. The molecule has 0 bridgehead atoms. The molecule has 11 heteroatoms. The Balaban J connectivity index is 0.000000755. The van der Waals surface area contributed by atoms with Gasteiger partial charge in [-0.3, -0.25) is 19.2 Å². The molecular weight excluding hydrogens is 658 g/mol. The predicted molar refractivity (Wildman–Crippen MR) is 213 cm³/mol. The molecule has 7 N–H and O–H groups in total. The van der Waals surface area contributed by atoms with E-state index in [2.05, 4.69) is 40.3 Å². The van der Waals surface area contributed by atoms with Crippen LogP contribution in [0, 0.1) is 23.7 Å². The van der Waals surface area contributed by atoms with E-state index in [1.165, 1.54) is 24.8 Å². The number of anilines is 2. The lowest BCUT2D eigenvalue weighted by Crippen LogP contribution is -2.40. The fourth-order valence-electron chi connectivity index (χ4n) is 5.43. The molecule has 2 unspecified atom stereocenters. The van der Waals surface area contributed by atoms with Crippen molar-refractivity contribution in [2.75, 3.05) is 45.4 Å². The molecule has 1 saturated heterocycles. The molecule has 0 spiro atoms. The summed E-state index contributed by atoms with van der Waals surface area (Å²) in [5, 5.41) is 20.5. The van der Waals surface area contributed by atoms with Crippen molar-refractivity contribution in [3.8, 4) is 0 Å². The number of aryl methyl sites for hydroxylation is 1. The maximum Gasteiger partial charge on any atom is 0.306 e. The number of ether oxygens (including phenoxy) is 1. The Morgan fingerprint density at radius 2 is 1.19 bits per heavy atom. The molecule has 52 heavy (non-hydrogen) atoms. The fraction of sp³-hybridized carbons (Fsp3) is 0.610. The zero-order valence-electron chi connectivity index (χ0n) is 33.5. The second-order valence-electron chi connectivity index (χ2n) is 14.0. The zero-order valence-corrected chi connectivity index (χ0v) is 33.5. The molecule has 294 valence electrons. The average molecular weight is 728 g/mol. The van der Waals surface area contributed by atoms with Crippen molar-refractivity contribution in [1.82, 2.24) is 16.0 Å². The van der Waals surface area contributed by atoms with Gasteiger partial charge in [-0.2, -0.15) is 0 Å². The van der Waals surface area contributed by atoms with E-state index in [1.54, 1.807) is 27.9 Å².